The van der Waals surface area contributed by atoms with Crippen molar-refractivity contribution in [1.82, 2.24) is 4.98 Å². The standard InChI is InChI=1S/C20H19FN4O4S2/c1-11(19(23)27)25(14-7-5-13(21)6-8-14)20-24-18(22)17(30-20)16(26)12-3-9-15(10-4-12)31(2,28)29/h3-11H,22H2,1-2H3,(H2,23,27)/t11-/m1/s1. The van der Waals surface area contributed by atoms with E-state index in [9.17, 15) is 22.4 Å². The molecule has 3 aromatic rings. The van der Waals surface area contributed by atoms with Crippen molar-refractivity contribution in [2.75, 3.05) is 16.9 Å². The number of primary amides is 1. The fourth-order valence-electron chi connectivity index (χ4n) is 2.80. The number of hydrogen-bond donors (Lipinski definition) is 2. The number of sulfone groups is 1. The van der Waals surface area contributed by atoms with E-state index in [0.29, 0.717) is 5.69 Å². The second-order valence-electron chi connectivity index (χ2n) is 6.76. The van der Waals surface area contributed by atoms with Crippen molar-refractivity contribution in [2.24, 2.45) is 5.73 Å². The van der Waals surface area contributed by atoms with Gasteiger partial charge in [-0.3, -0.25) is 9.59 Å². The number of anilines is 3. The summed E-state index contributed by atoms with van der Waals surface area (Å²) in [6.07, 6.45) is 1.07. The van der Waals surface area contributed by atoms with Crippen LogP contribution in [0.25, 0.3) is 0 Å². The average molecular weight is 463 g/mol. The molecule has 3 rings (SSSR count). The van der Waals surface area contributed by atoms with Gasteiger partial charge in [0.2, 0.25) is 11.7 Å². The molecule has 0 spiro atoms. The molecule has 1 amide bonds. The Labute approximate surface area is 182 Å². The maximum absolute atomic E-state index is 13.4. The molecule has 0 fully saturated rings. The molecule has 11 heteroatoms. The highest BCUT2D eigenvalue weighted by Gasteiger charge is 2.27. The molecule has 0 unspecified atom stereocenters. The zero-order valence-electron chi connectivity index (χ0n) is 16.6. The maximum atomic E-state index is 13.4. The van der Waals surface area contributed by atoms with Crippen molar-refractivity contribution in [3.8, 4) is 0 Å². The Morgan fingerprint density at radius 2 is 1.68 bits per heavy atom. The number of hydrogen-bond acceptors (Lipinski definition) is 8. The second kappa shape index (κ2) is 8.44. The number of ketones is 1. The monoisotopic (exact) mass is 462 g/mol. The van der Waals surface area contributed by atoms with Gasteiger partial charge in [-0.2, -0.15) is 0 Å². The summed E-state index contributed by atoms with van der Waals surface area (Å²) < 4.78 is 36.6. The second-order valence-corrected chi connectivity index (χ2v) is 9.75. The Morgan fingerprint density at radius 1 is 1.10 bits per heavy atom. The number of halogens is 1. The minimum absolute atomic E-state index is 0.0547. The number of aromatic nitrogens is 1. The molecular weight excluding hydrogens is 443 g/mol. The number of carbonyl (C=O) groups excluding carboxylic acids is 2. The van der Waals surface area contributed by atoms with Gasteiger partial charge in [0.05, 0.1) is 4.90 Å². The molecule has 0 aliphatic heterocycles. The van der Waals surface area contributed by atoms with Gasteiger partial charge >= 0.3 is 0 Å². The smallest absolute Gasteiger partial charge is 0.240 e. The number of thiazole rings is 1. The number of amides is 1. The number of carbonyl (C=O) groups is 2. The first-order valence-corrected chi connectivity index (χ1v) is 11.6. The van der Waals surface area contributed by atoms with Gasteiger partial charge in [0.15, 0.2) is 15.0 Å². The van der Waals surface area contributed by atoms with Crippen LogP contribution in [0.4, 0.5) is 21.0 Å². The summed E-state index contributed by atoms with van der Waals surface area (Å²) in [5.41, 5.74) is 12.1. The summed E-state index contributed by atoms with van der Waals surface area (Å²) in [6, 6.07) is 9.96. The number of nitrogen functional groups attached to an aromatic ring is 1. The lowest BCUT2D eigenvalue weighted by Gasteiger charge is -2.26. The largest absolute Gasteiger partial charge is 0.382 e. The number of rotatable bonds is 7. The summed E-state index contributed by atoms with van der Waals surface area (Å²) in [7, 11) is -3.40. The normalized spacial score (nSPS) is 12.4. The summed E-state index contributed by atoms with van der Waals surface area (Å²) in [4.78, 5) is 30.7. The molecule has 1 atom stereocenters. The average Bonchev–Trinajstić information content (AvgIpc) is 3.09. The number of nitrogens with two attached hydrogens (primary N) is 2. The quantitative estimate of drug-likeness (QED) is 0.515. The van der Waals surface area contributed by atoms with E-state index in [1.54, 1.807) is 6.92 Å². The topological polar surface area (TPSA) is 136 Å². The van der Waals surface area contributed by atoms with Crippen LogP contribution in [0.2, 0.25) is 0 Å². The fourth-order valence-corrected chi connectivity index (χ4v) is 4.48. The van der Waals surface area contributed by atoms with Gasteiger partial charge in [-0.25, -0.2) is 17.8 Å². The van der Waals surface area contributed by atoms with Crippen molar-refractivity contribution in [3.63, 3.8) is 0 Å². The molecule has 0 bridgehead atoms. The van der Waals surface area contributed by atoms with Crippen LogP contribution >= 0.6 is 11.3 Å². The van der Waals surface area contributed by atoms with Gasteiger partial charge in [0.1, 0.15) is 22.6 Å². The molecule has 0 saturated carbocycles. The highest BCUT2D eigenvalue weighted by molar-refractivity contribution is 7.90. The molecule has 2 aromatic carbocycles. The van der Waals surface area contributed by atoms with E-state index in [4.69, 9.17) is 11.5 Å². The third kappa shape index (κ3) is 4.72. The van der Waals surface area contributed by atoms with Gasteiger partial charge in [-0.1, -0.05) is 11.3 Å². The Kier molecular flexibility index (Phi) is 6.09. The van der Waals surface area contributed by atoms with Crippen molar-refractivity contribution in [3.05, 3.63) is 64.8 Å². The molecule has 8 nitrogen and oxygen atoms in total. The van der Waals surface area contributed by atoms with Gasteiger partial charge < -0.3 is 16.4 Å². The van der Waals surface area contributed by atoms with Crippen LogP contribution in [0.15, 0.2) is 53.4 Å². The van der Waals surface area contributed by atoms with Gasteiger partial charge in [0.25, 0.3) is 0 Å². The summed E-state index contributed by atoms with van der Waals surface area (Å²) in [5, 5.41) is 0.228. The Hall–Kier alpha value is -3.31. The first-order chi connectivity index (χ1) is 14.5. The van der Waals surface area contributed by atoms with Crippen LogP contribution in [0.3, 0.4) is 0 Å². The van der Waals surface area contributed by atoms with E-state index in [0.717, 1.165) is 17.6 Å². The van der Waals surface area contributed by atoms with Gasteiger partial charge in [0, 0.05) is 17.5 Å². The third-order valence-electron chi connectivity index (χ3n) is 4.50. The van der Waals surface area contributed by atoms with Crippen LogP contribution < -0.4 is 16.4 Å². The maximum Gasteiger partial charge on any atom is 0.240 e. The Bertz CT molecular complexity index is 1240. The van der Waals surface area contributed by atoms with E-state index in [1.165, 1.54) is 53.4 Å². The van der Waals surface area contributed by atoms with Crippen molar-refractivity contribution in [1.29, 1.82) is 0 Å². The highest BCUT2D eigenvalue weighted by atomic mass is 32.2. The first kappa shape index (κ1) is 22.4. The summed E-state index contributed by atoms with van der Waals surface area (Å²) in [5.74, 6) is -1.61. The zero-order chi connectivity index (χ0) is 22.9. The zero-order valence-corrected chi connectivity index (χ0v) is 18.2. The number of benzene rings is 2. The van der Waals surface area contributed by atoms with E-state index in [2.05, 4.69) is 4.98 Å². The summed E-state index contributed by atoms with van der Waals surface area (Å²) in [6.45, 7) is 1.55. The van der Waals surface area contributed by atoms with Crippen LogP contribution in [0.5, 0.6) is 0 Å². The minimum Gasteiger partial charge on any atom is -0.382 e. The van der Waals surface area contributed by atoms with Gasteiger partial charge in [-0.15, -0.1) is 0 Å². The van der Waals surface area contributed by atoms with E-state index >= 15 is 0 Å². The fraction of sp³-hybridized carbons (Fsp3) is 0.150. The lowest BCUT2D eigenvalue weighted by molar-refractivity contribution is -0.118. The lowest BCUT2D eigenvalue weighted by Crippen LogP contribution is -2.39. The molecule has 31 heavy (non-hydrogen) atoms. The summed E-state index contributed by atoms with van der Waals surface area (Å²) >= 11 is 0.946. The molecule has 0 radical (unpaired) electrons. The molecule has 162 valence electrons. The predicted octanol–water partition coefficient (Wildman–Crippen LogP) is 2.51. The van der Waals surface area contributed by atoms with Crippen LogP contribution in [-0.4, -0.2) is 37.4 Å². The molecular formula is C20H19FN4O4S2. The molecule has 0 aliphatic rings. The molecule has 1 heterocycles. The van der Waals surface area contributed by atoms with Crippen LogP contribution in [0.1, 0.15) is 22.2 Å². The molecule has 1 aromatic heterocycles. The first-order valence-electron chi connectivity index (χ1n) is 8.94. The van der Waals surface area contributed by atoms with Crippen LogP contribution in [0, 0.1) is 5.82 Å². The van der Waals surface area contributed by atoms with Crippen molar-refractivity contribution >= 4 is 49.5 Å². The minimum atomic E-state index is -3.40. The molecule has 0 saturated heterocycles. The molecule has 4 N–H and O–H groups in total. The lowest BCUT2D eigenvalue weighted by atomic mass is 10.1. The number of nitrogens with zero attached hydrogens (tertiary/aromatic N) is 2. The highest BCUT2D eigenvalue weighted by Crippen LogP contribution is 2.36. The Balaban J connectivity index is 2.01. The van der Waals surface area contributed by atoms with Crippen LogP contribution in [-0.2, 0) is 14.6 Å². The third-order valence-corrected chi connectivity index (χ3v) is 6.70. The van der Waals surface area contributed by atoms with E-state index < -0.39 is 33.4 Å². The van der Waals surface area contributed by atoms with Crippen molar-refractivity contribution < 1.29 is 22.4 Å². The van der Waals surface area contributed by atoms with E-state index in [1.807, 2.05) is 0 Å². The van der Waals surface area contributed by atoms with Gasteiger partial charge in [-0.05, 0) is 55.5 Å². The van der Waals surface area contributed by atoms with E-state index in [-0.39, 0.29) is 26.3 Å². The van der Waals surface area contributed by atoms with Crippen molar-refractivity contribution in [2.45, 2.75) is 17.9 Å². The predicted molar refractivity (Wildman–Crippen MR) is 117 cm³/mol. The molecule has 0 aliphatic carbocycles. The SMILES string of the molecule is C[C@H](C(N)=O)N(c1ccc(F)cc1)c1nc(N)c(C(=O)c2ccc(S(C)(=O)=O)cc2)s1. The Morgan fingerprint density at radius 3 is 2.19 bits per heavy atom.